The first kappa shape index (κ1) is 20.6. The Morgan fingerprint density at radius 1 is 1.18 bits per heavy atom. The maximum Gasteiger partial charge on any atom is 0.251 e. The molecule has 1 aliphatic rings. The summed E-state index contributed by atoms with van der Waals surface area (Å²) in [5.74, 6) is 0.107. The minimum absolute atomic E-state index is 0.00203. The molecule has 2 unspecified atom stereocenters. The predicted molar refractivity (Wildman–Crippen MR) is 114 cm³/mol. The highest BCUT2D eigenvalue weighted by molar-refractivity contribution is 9.10. The van der Waals surface area contributed by atoms with Crippen LogP contribution in [-0.2, 0) is 9.53 Å². The Labute approximate surface area is 174 Å². The van der Waals surface area contributed by atoms with E-state index in [9.17, 15) is 9.59 Å². The van der Waals surface area contributed by atoms with Gasteiger partial charge in [-0.05, 0) is 61.6 Å². The molecule has 0 spiro atoms. The first-order valence-electron chi connectivity index (χ1n) is 9.61. The predicted octanol–water partition coefficient (Wildman–Crippen LogP) is 4.35. The lowest BCUT2D eigenvalue weighted by Gasteiger charge is -2.09. The maximum absolute atomic E-state index is 12.5. The van der Waals surface area contributed by atoms with Crippen molar-refractivity contribution in [2.75, 3.05) is 25.1 Å². The summed E-state index contributed by atoms with van der Waals surface area (Å²) >= 11 is 3.43. The van der Waals surface area contributed by atoms with Gasteiger partial charge in [0.2, 0.25) is 5.91 Å². The average molecular weight is 445 g/mol. The molecule has 0 aliphatic heterocycles. The van der Waals surface area contributed by atoms with E-state index in [1.165, 1.54) is 5.56 Å². The minimum Gasteiger partial charge on any atom is -0.382 e. The number of anilines is 1. The van der Waals surface area contributed by atoms with Crippen LogP contribution in [0.4, 0.5) is 5.69 Å². The van der Waals surface area contributed by atoms with E-state index in [0.717, 1.165) is 17.3 Å². The van der Waals surface area contributed by atoms with Crippen molar-refractivity contribution in [3.05, 3.63) is 64.1 Å². The zero-order valence-corrected chi connectivity index (χ0v) is 17.5. The standard InChI is InChI=1S/C22H25BrN2O3/c1-2-28-12-4-11-24-21(26)16-5-3-6-18(13-16)25-22(27)20-14-19(20)15-7-9-17(23)10-8-15/h3,5-10,13,19-20H,2,4,11-12,14H2,1H3,(H,24,26)(H,25,27). The second-order valence-corrected chi connectivity index (χ2v) is 7.79. The Balaban J connectivity index is 1.51. The van der Waals surface area contributed by atoms with Crippen molar-refractivity contribution >= 4 is 33.4 Å². The first-order chi connectivity index (χ1) is 13.6. The third-order valence-corrected chi connectivity index (χ3v) is 5.30. The van der Waals surface area contributed by atoms with Crippen molar-refractivity contribution in [2.24, 2.45) is 5.92 Å². The summed E-state index contributed by atoms with van der Waals surface area (Å²) in [5.41, 5.74) is 2.37. The highest BCUT2D eigenvalue weighted by Gasteiger charge is 2.43. The first-order valence-corrected chi connectivity index (χ1v) is 10.4. The second kappa shape index (κ2) is 9.85. The van der Waals surface area contributed by atoms with E-state index in [1.807, 2.05) is 19.1 Å². The van der Waals surface area contributed by atoms with E-state index in [-0.39, 0.29) is 23.7 Å². The Morgan fingerprint density at radius 3 is 2.71 bits per heavy atom. The number of benzene rings is 2. The summed E-state index contributed by atoms with van der Waals surface area (Å²) in [6.07, 6.45) is 1.63. The lowest BCUT2D eigenvalue weighted by molar-refractivity contribution is -0.117. The quantitative estimate of drug-likeness (QED) is 0.564. The molecule has 28 heavy (non-hydrogen) atoms. The van der Waals surface area contributed by atoms with Crippen LogP contribution in [-0.4, -0.2) is 31.6 Å². The van der Waals surface area contributed by atoms with Gasteiger partial charge in [-0.1, -0.05) is 34.1 Å². The molecule has 6 heteroatoms. The molecule has 148 valence electrons. The number of nitrogens with one attached hydrogen (secondary N) is 2. The van der Waals surface area contributed by atoms with Crippen molar-refractivity contribution in [1.82, 2.24) is 5.32 Å². The summed E-state index contributed by atoms with van der Waals surface area (Å²) in [6.45, 7) is 3.82. The highest BCUT2D eigenvalue weighted by Crippen LogP contribution is 2.48. The summed E-state index contributed by atoms with van der Waals surface area (Å²) in [4.78, 5) is 24.8. The molecule has 3 rings (SSSR count). The molecule has 0 saturated heterocycles. The van der Waals surface area contributed by atoms with E-state index >= 15 is 0 Å². The van der Waals surface area contributed by atoms with Crippen molar-refractivity contribution < 1.29 is 14.3 Å². The van der Waals surface area contributed by atoms with E-state index in [0.29, 0.717) is 31.0 Å². The Kier molecular flexibility index (Phi) is 7.23. The molecule has 2 aromatic carbocycles. The molecule has 2 N–H and O–H groups in total. The molecule has 0 bridgehead atoms. The van der Waals surface area contributed by atoms with Crippen molar-refractivity contribution in [3.63, 3.8) is 0 Å². The molecular weight excluding hydrogens is 420 g/mol. The van der Waals surface area contributed by atoms with Gasteiger partial charge in [0.15, 0.2) is 0 Å². The van der Waals surface area contributed by atoms with Gasteiger partial charge in [0, 0.05) is 41.4 Å². The van der Waals surface area contributed by atoms with Gasteiger partial charge in [0.25, 0.3) is 5.91 Å². The van der Waals surface area contributed by atoms with Crippen LogP contribution in [0.15, 0.2) is 53.0 Å². The summed E-state index contributed by atoms with van der Waals surface area (Å²) < 4.78 is 6.29. The maximum atomic E-state index is 12.5. The third-order valence-electron chi connectivity index (χ3n) is 4.77. The Bertz CT molecular complexity index is 823. The highest BCUT2D eigenvalue weighted by atomic mass is 79.9. The average Bonchev–Trinajstić information content (AvgIpc) is 3.49. The lowest BCUT2D eigenvalue weighted by atomic mass is 10.1. The van der Waals surface area contributed by atoms with Crippen molar-refractivity contribution in [1.29, 1.82) is 0 Å². The fourth-order valence-electron chi connectivity index (χ4n) is 3.16. The van der Waals surface area contributed by atoms with E-state index in [4.69, 9.17) is 4.74 Å². The normalized spacial score (nSPS) is 17.8. The van der Waals surface area contributed by atoms with Gasteiger partial charge in [-0.15, -0.1) is 0 Å². The number of rotatable bonds is 9. The Hall–Kier alpha value is -2.18. The van der Waals surface area contributed by atoms with E-state index < -0.39 is 0 Å². The van der Waals surface area contributed by atoms with E-state index in [1.54, 1.807) is 24.3 Å². The van der Waals surface area contributed by atoms with Gasteiger partial charge in [0.05, 0.1) is 0 Å². The monoisotopic (exact) mass is 444 g/mol. The van der Waals surface area contributed by atoms with Crippen LogP contribution >= 0.6 is 15.9 Å². The summed E-state index contributed by atoms with van der Waals surface area (Å²) in [7, 11) is 0. The van der Waals surface area contributed by atoms with Gasteiger partial charge in [-0.3, -0.25) is 9.59 Å². The van der Waals surface area contributed by atoms with Crippen LogP contribution in [0.3, 0.4) is 0 Å². The van der Waals surface area contributed by atoms with Crippen LogP contribution in [0.25, 0.3) is 0 Å². The third kappa shape index (κ3) is 5.66. The van der Waals surface area contributed by atoms with Gasteiger partial charge in [-0.2, -0.15) is 0 Å². The number of hydrogen-bond donors (Lipinski definition) is 2. The van der Waals surface area contributed by atoms with Gasteiger partial charge in [0.1, 0.15) is 0 Å². The smallest absolute Gasteiger partial charge is 0.251 e. The van der Waals surface area contributed by atoms with Crippen LogP contribution in [0, 0.1) is 5.92 Å². The molecule has 0 radical (unpaired) electrons. The molecule has 2 aromatic rings. The lowest BCUT2D eigenvalue weighted by Crippen LogP contribution is -2.25. The molecular formula is C22H25BrN2O3. The number of carbonyl (C=O) groups excluding carboxylic acids is 2. The molecule has 1 saturated carbocycles. The number of amides is 2. The van der Waals surface area contributed by atoms with Gasteiger partial charge < -0.3 is 15.4 Å². The van der Waals surface area contributed by atoms with E-state index in [2.05, 4.69) is 38.7 Å². The molecule has 2 atom stereocenters. The molecule has 2 amide bonds. The number of hydrogen-bond acceptors (Lipinski definition) is 3. The molecule has 0 heterocycles. The number of ether oxygens (including phenoxy) is 1. The molecule has 1 fully saturated rings. The molecule has 0 aromatic heterocycles. The Morgan fingerprint density at radius 2 is 1.96 bits per heavy atom. The van der Waals surface area contributed by atoms with Crippen LogP contribution < -0.4 is 10.6 Å². The second-order valence-electron chi connectivity index (χ2n) is 6.88. The molecule has 1 aliphatic carbocycles. The fourth-order valence-corrected chi connectivity index (χ4v) is 3.42. The largest absolute Gasteiger partial charge is 0.382 e. The minimum atomic E-state index is -0.147. The number of carbonyl (C=O) groups is 2. The van der Waals surface area contributed by atoms with Crippen molar-refractivity contribution in [3.8, 4) is 0 Å². The fraction of sp³-hybridized carbons (Fsp3) is 0.364. The molecule has 5 nitrogen and oxygen atoms in total. The van der Waals surface area contributed by atoms with Crippen molar-refractivity contribution in [2.45, 2.75) is 25.7 Å². The SMILES string of the molecule is CCOCCCNC(=O)c1cccc(NC(=O)C2CC2c2ccc(Br)cc2)c1. The zero-order valence-electron chi connectivity index (χ0n) is 15.9. The number of halogens is 1. The topological polar surface area (TPSA) is 67.4 Å². The summed E-state index contributed by atoms with van der Waals surface area (Å²) in [5, 5.41) is 5.82. The van der Waals surface area contributed by atoms with Crippen LogP contribution in [0.2, 0.25) is 0 Å². The van der Waals surface area contributed by atoms with Gasteiger partial charge in [-0.25, -0.2) is 0 Å². The zero-order chi connectivity index (χ0) is 19.9. The summed E-state index contributed by atoms with van der Waals surface area (Å²) in [6, 6.07) is 15.2. The van der Waals surface area contributed by atoms with Gasteiger partial charge >= 0.3 is 0 Å². The van der Waals surface area contributed by atoms with Crippen LogP contribution in [0.1, 0.15) is 41.6 Å². The van der Waals surface area contributed by atoms with Crippen LogP contribution in [0.5, 0.6) is 0 Å².